The Balaban J connectivity index is 2.85. The molecule has 1 aliphatic rings. The van der Waals surface area contributed by atoms with Crippen LogP contribution in [0, 0.1) is 5.92 Å². The highest BCUT2D eigenvalue weighted by atomic mass is 16.5. The van der Waals surface area contributed by atoms with Crippen molar-refractivity contribution in [3.05, 3.63) is 0 Å². The summed E-state index contributed by atoms with van der Waals surface area (Å²) in [5, 5.41) is 9.19. The number of aliphatic carboxylic acids is 1. The Bertz CT molecular complexity index is 291. The average molecular weight is 244 g/mol. The summed E-state index contributed by atoms with van der Waals surface area (Å²) in [5.74, 6) is -1.33. The molecule has 17 heavy (non-hydrogen) atoms. The number of likely N-dealkylation sites (tertiary alicyclic amines) is 1. The lowest BCUT2D eigenvalue weighted by Crippen LogP contribution is -2.56. The Labute approximate surface area is 101 Å². The third kappa shape index (κ3) is 2.95. The van der Waals surface area contributed by atoms with Crippen LogP contribution in [-0.4, -0.2) is 54.2 Å². The van der Waals surface area contributed by atoms with E-state index >= 15 is 0 Å². The molecule has 1 amide bonds. The van der Waals surface area contributed by atoms with Crippen LogP contribution in [-0.2, 0) is 14.3 Å². The Morgan fingerprint density at radius 1 is 1.59 bits per heavy atom. The van der Waals surface area contributed by atoms with Gasteiger partial charge in [-0.2, -0.15) is 0 Å². The van der Waals surface area contributed by atoms with Crippen LogP contribution >= 0.6 is 0 Å². The Morgan fingerprint density at radius 2 is 2.24 bits per heavy atom. The summed E-state index contributed by atoms with van der Waals surface area (Å²) in [6.07, 6.45) is 0.890. The number of methoxy groups -OCH3 is 1. The number of nitrogens with zero attached hydrogens (tertiary/aromatic N) is 1. The highest BCUT2D eigenvalue weighted by molar-refractivity contribution is 5.87. The molecule has 1 fully saturated rings. The molecule has 0 spiro atoms. The molecule has 0 aliphatic carbocycles. The van der Waals surface area contributed by atoms with Gasteiger partial charge in [-0.1, -0.05) is 6.92 Å². The Kier molecular flexibility index (Phi) is 4.89. The van der Waals surface area contributed by atoms with E-state index in [9.17, 15) is 14.7 Å². The maximum Gasteiger partial charge on any atom is 0.326 e. The molecule has 1 saturated heterocycles. The summed E-state index contributed by atoms with van der Waals surface area (Å²) in [6.45, 7) is 2.37. The Morgan fingerprint density at radius 3 is 2.71 bits per heavy atom. The van der Waals surface area contributed by atoms with E-state index in [1.54, 1.807) is 0 Å². The number of carboxylic acids is 1. The normalized spacial score (nSPS) is 26.6. The predicted molar refractivity (Wildman–Crippen MR) is 61.4 cm³/mol. The molecule has 3 atom stereocenters. The molecule has 0 bridgehead atoms. The molecule has 0 saturated carbocycles. The molecule has 1 rings (SSSR count). The van der Waals surface area contributed by atoms with Crippen LogP contribution in [0.4, 0.5) is 0 Å². The minimum Gasteiger partial charge on any atom is -0.480 e. The van der Waals surface area contributed by atoms with Crippen LogP contribution in [0.1, 0.15) is 19.8 Å². The number of hydrogen-bond acceptors (Lipinski definition) is 4. The summed E-state index contributed by atoms with van der Waals surface area (Å²) in [6, 6.07) is -0.763. The SMILES string of the molecule is COC(CN)C(=O)N1CCCC(C)C1C(=O)O. The number of hydrogen-bond donors (Lipinski definition) is 2. The highest BCUT2D eigenvalue weighted by Crippen LogP contribution is 2.24. The first kappa shape index (κ1) is 13.9. The van der Waals surface area contributed by atoms with Crippen LogP contribution < -0.4 is 5.73 Å². The van der Waals surface area contributed by atoms with Crippen LogP contribution in [0.3, 0.4) is 0 Å². The first-order chi connectivity index (χ1) is 8.02. The van der Waals surface area contributed by atoms with E-state index in [1.807, 2.05) is 6.92 Å². The third-order valence-electron chi connectivity index (χ3n) is 3.24. The van der Waals surface area contributed by atoms with Gasteiger partial charge in [-0.3, -0.25) is 4.79 Å². The van der Waals surface area contributed by atoms with E-state index in [-0.39, 0.29) is 18.4 Å². The summed E-state index contributed by atoms with van der Waals surface area (Å²) in [4.78, 5) is 24.7. The van der Waals surface area contributed by atoms with Crippen molar-refractivity contribution in [3.63, 3.8) is 0 Å². The number of amides is 1. The van der Waals surface area contributed by atoms with Gasteiger partial charge >= 0.3 is 5.97 Å². The largest absolute Gasteiger partial charge is 0.480 e. The molecule has 0 aromatic heterocycles. The molecule has 0 radical (unpaired) electrons. The molecular weight excluding hydrogens is 224 g/mol. The van der Waals surface area contributed by atoms with Crippen LogP contribution in [0.25, 0.3) is 0 Å². The van der Waals surface area contributed by atoms with Gasteiger partial charge in [0.25, 0.3) is 5.91 Å². The van der Waals surface area contributed by atoms with Crippen LogP contribution in [0.2, 0.25) is 0 Å². The topological polar surface area (TPSA) is 92.9 Å². The van der Waals surface area contributed by atoms with Gasteiger partial charge in [0.2, 0.25) is 0 Å². The van der Waals surface area contributed by atoms with Crippen molar-refractivity contribution < 1.29 is 19.4 Å². The molecule has 3 unspecified atom stereocenters. The molecule has 6 heteroatoms. The van der Waals surface area contributed by atoms with Crippen molar-refractivity contribution in [2.75, 3.05) is 20.2 Å². The second-order valence-electron chi connectivity index (χ2n) is 4.39. The lowest BCUT2D eigenvalue weighted by molar-refractivity contribution is -0.159. The van der Waals surface area contributed by atoms with Gasteiger partial charge in [-0.15, -0.1) is 0 Å². The molecule has 1 aliphatic heterocycles. The predicted octanol–water partition coefficient (Wildman–Crippen LogP) is -0.328. The van der Waals surface area contributed by atoms with Gasteiger partial charge in [0.05, 0.1) is 0 Å². The van der Waals surface area contributed by atoms with Crippen molar-refractivity contribution in [1.29, 1.82) is 0 Å². The van der Waals surface area contributed by atoms with Crippen molar-refractivity contribution in [2.24, 2.45) is 11.7 Å². The lowest BCUT2D eigenvalue weighted by atomic mass is 9.90. The van der Waals surface area contributed by atoms with Crippen molar-refractivity contribution >= 4 is 11.9 Å². The minimum atomic E-state index is -0.961. The monoisotopic (exact) mass is 244 g/mol. The number of ether oxygens (including phenoxy) is 1. The van der Waals surface area contributed by atoms with Gasteiger partial charge in [-0.05, 0) is 18.8 Å². The molecule has 1 heterocycles. The quantitative estimate of drug-likeness (QED) is 0.706. The van der Waals surface area contributed by atoms with Gasteiger partial charge < -0.3 is 20.5 Å². The average Bonchev–Trinajstić information content (AvgIpc) is 2.29. The summed E-state index contributed by atoms with van der Waals surface area (Å²) < 4.78 is 4.97. The lowest BCUT2D eigenvalue weighted by Gasteiger charge is -2.38. The number of carboxylic acid groups (broad SMARTS) is 1. The van der Waals surface area contributed by atoms with E-state index < -0.39 is 18.1 Å². The van der Waals surface area contributed by atoms with Gasteiger partial charge in [0.15, 0.2) is 0 Å². The van der Waals surface area contributed by atoms with E-state index in [1.165, 1.54) is 12.0 Å². The van der Waals surface area contributed by atoms with Crippen molar-refractivity contribution in [2.45, 2.75) is 31.9 Å². The number of piperidine rings is 1. The van der Waals surface area contributed by atoms with E-state index in [0.717, 1.165) is 12.8 Å². The molecular formula is C11H20N2O4. The maximum atomic E-state index is 12.1. The zero-order valence-electron chi connectivity index (χ0n) is 10.3. The molecule has 0 aromatic carbocycles. The second-order valence-corrected chi connectivity index (χ2v) is 4.39. The highest BCUT2D eigenvalue weighted by Gasteiger charge is 2.39. The number of carbonyl (C=O) groups is 2. The minimum absolute atomic E-state index is 0.0412. The summed E-state index contributed by atoms with van der Waals surface area (Å²) in [5.41, 5.74) is 5.43. The number of nitrogens with two attached hydrogens (primary N) is 1. The molecule has 6 nitrogen and oxygen atoms in total. The fourth-order valence-electron chi connectivity index (χ4n) is 2.29. The van der Waals surface area contributed by atoms with Gasteiger partial charge in [-0.25, -0.2) is 4.79 Å². The molecule has 0 aromatic rings. The zero-order valence-corrected chi connectivity index (χ0v) is 10.3. The van der Waals surface area contributed by atoms with E-state index in [0.29, 0.717) is 6.54 Å². The van der Waals surface area contributed by atoms with E-state index in [2.05, 4.69) is 0 Å². The maximum absolute atomic E-state index is 12.1. The third-order valence-corrected chi connectivity index (χ3v) is 3.24. The summed E-state index contributed by atoms with van der Waals surface area (Å²) >= 11 is 0. The fraction of sp³-hybridized carbons (Fsp3) is 0.818. The van der Waals surface area contributed by atoms with Gasteiger partial charge in [0, 0.05) is 20.2 Å². The second kappa shape index (κ2) is 5.97. The molecule has 98 valence electrons. The standard InChI is InChI=1S/C11H20N2O4/c1-7-4-3-5-13(9(7)11(15)16)10(14)8(6-12)17-2/h7-9H,3-6,12H2,1-2H3,(H,15,16). The Hall–Kier alpha value is -1.14. The van der Waals surface area contributed by atoms with Crippen molar-refractivity contribution in [1.82, 2.24) is 4.90 Å². The van der Waals surface area contributed by atoms with Crippen LogP contribution in [0.15, 0.2) is 0 Å². The van der Waals surface area contributed by atoms with Crippen LogP contribution in [0.5, 0.6) is 0 Å². The van der Waals surface area contributed by atoms with E-state index in [4.69, 9.17) is 10.5 Å². The molecule has 3 N–H and O–H groups in total. The smallest absolute Gasteiger partial charge is 0.326 e. The first-order valence-corrected chi connectivity index (χ1v) is 5.79. The number of carbonyl (C=O) groups excluding carboxylic acids is 1. The van der Waals surface area contributed by atoms with Crippen molar-refractivity contribution in [3.8, 4) is 0 Å². The van der Waals surface area contributed by atoms with Gasteiger partial charge in [0.1, 0.15) is 12.1 Å². The zero-order chi connectivity index (χ0) is 13.0. The summed E-state index contributed by atoms with van der Waals surface area (Å²) in [7, 11) is 1.40. The first-order valence-electron chi connectivity index (χ1n) is 5.79. The number of rotatable bonds is 4. The fourth-order valence-corrected chi connectivity index (χ4v) is 2.29.